The van der Waals surface area contributed by atoms with E-state index in [9.17, 15) is 13.6 Å². The zero-order valence-corrected chi connectivity index (χ0v) is 8.55. The summed E-state index contributed by atoms with van der Waals surface area (Å²) in [6, 6.07) is 2.10. The van der Waals surface area contributed by atoms with Crippen molar-refractivity contribution in [2.45, 2.75) is 6.29 Å². The molecule has 1 aliphatic rings. The van der Waals surface area contributed by atoms with Crippen LogP contribution in [0.5, 0.6) is 11.5 Å². The van der Waals surface area contributed by atoms with Crippen LogP contribution in [0.15, 0.2) is 16.6 Å². The topological polar surface area (TPSA) is 55.8 Å². The van der Waals surface area contributed by atoms with Crippen LogP contribution in [0, 0.1) is 0 Å². The molecule has 0 unspecified atom stereocenters. The quantitative estimate of drug-likeness (QED) is 0.859. The van der Waals surface area contributed by atoms with Crippen molar-refractivity contribution in [3.05, 3.63) is 22.2 Å². The van der Waals surface area contributed by atoms with Gasteiger partial charge in [-0.25, -0.2) is 4.79 Å². The molecule has 0 amide bonds. The standard InChI is InChI=1S/C8H3BrF2O4/c9-4-2-6-5(1-3(4)7(12)13)14-8(10,11)15-6/h1-2H,(H,12,13). The number of alkyl halides is 2. The highest BCUT2D eigenvalue weighted by Crippen LogP contribution is 2.43. The Hall–Kier alpha value is -1.37. The predicted molar refractivity (Wildman–Crippen MR) is 47.3 cm³/mol. The van der Waals surface area contributed by atoms with Crippen molar-refractivity contribution >= 4 is 21.9 Å². The van der Waals surface area contributed by atoms with E-state index in [2.05, 4.69) is 25.4 Å². The second kappa shape index (κ2) is 3.06. The number of halogens is 3. The first-order valence-corrected chi connectivity index (χ1v) is 4.51. The van der Waals surface area contributed by atoms with Crippen molar-refractivity contribution in [2.24, 2.45) is 0 Å². The van der Waals surface area contributed by atoms with Gasteiger partial charge >= 0.3 is 12.3 Å². The zero-order chi connectivity index (χ0) is 11.2. The van der Waals surface area contributed by atoms with Crippen LogP contribution in [0.2, 0.25) is 0 Å². The number of carboxylic acids is 1. The number of benzene rings is 1. The van der Waals surface area contributed by atoms with Crippen LogP contribution in [0.1, 0.15) is 10.4 Å². The molecule has 0 saturated carbocycles. The zero-order valence-electron chi connectivity index (χ0n) is 6.96. The van der Waals surface area contributed by atoms with Crippen LogP contribution in [0.25, 0.3) is 0 Å². The summed E-state index contributed by atoms with van der Waals surface area (Å²) >= 11 is 2.93. The van der Waals surface area contributed by atoms with E-state index in [1.54, 1.807) is 0 Å². The maximum absolute atomic E-state index is 12.6. The average Bonchev–Trinajstić information content (AvgIpc) is 2.36. The first-order chi connectivity index (χ1) is 6.89. The van der Waals surface area contributed by atoms with Gasteiger partial charge in [0.15, 0.2) is 11.5 Å². The largest absolute Gasteiger partial charge is 0.586 e. The molecular weight excluding hydrogens is 278 g/mol. The third kappa shape index (κ3) is 1.74. The summed E-state index contributed by atoms with van der Waals surface area (Å²) in [7, 11) is 0. The highest BCUT2D eigenvalue weighted by Gasteiger charge is 2.44. The Bertz CT molecular complexity index is 447. The third-order valence-electron chi connectivity index (χ3n) is 1.72. The van der Waals surface area contributed by atoms with Crippen LogP contribution in [-0.2, 0) is 0 Å². The number of hydrogen-bond acceptors (Lipinski definition) is 3. The molecule has 1 heterocycles. The maximum atomic E-state index is 12.6. The number of ether oxygens (including phenoxy) is 2. The number of carbonyl (C=O) groups is 1. The molecule has 0 spiro atoms. The lowest BCUT2D eigenvalue weighted by atomic mass is 10.2. The summed E-state index contributed by atoms with van der Waals surface area (Å²) in [5.74, 6) is -1.74. The van der Waals surface area contributed by atoms with Gasteiger partial charge in [-0.3, -0.25) is 0 Å². The number of hydrogen-bond donors (Lipinski definition) is 1. The van der Waals surface area contributed by atoms with E-state index in [-0.39, 0.29) is 21.5 Å². The van der Waals surface area contributed by atoms with Crippen molar-refractivity contribution in [3.8, 4) is 11.5 Å². The molecule has 2 rings (SSSR count). The molecule has 0 radical (unpaired) electrons. The van der Waals surface area contributed by atoms with Gasteiger partial charge in [-0.1, -0.05) is 0 Å². The summed E-state index contributed by atoms with van der Waals surface area (Å²) in [6.45, 7) is 0. The van der Waals surface area contributed by atoms with E-state index in [0.717, 1.165) is 12.1 Å². The van der Waals surface area contributed by atoms with Crippen LogP contribution in [-0.4, -0.2) is 17.4 Å². The number of rotatable bonds is 1. The lowest BCUT2D eigenvalue weighted by Crippen LogP contribution is -2.25. The summed E-state index contributed by atoms with van der Waals surface area (Å²) in [5, 5.41) is 8.71. The third-order valence-corrected chi connectivity index (χ3v) is 2.38. The Balaban J connectivity index is 2.50. The SMILES string of the molecule is O=C(O)c1cc2c(cc1Br)OC(F)(F)O2. The maximum Gasteiger partial charge on any atom is 0.586 e. The molecule has 15 heavy (non-hydrogen) atoms. The molecule has 0 bridgehead atoms. The monoisotopic (exact) mass is 280 g/mol. The molecule has 0 aromatic heterocycles. The lowest BCUT2D eigenvalue weighted by Gasteiger charge is -2.04. The molecule has 1 aromatic carbocycles. The molecule has 7 heteroatoms. The Morgan fingerprint density at radius 2 is 1.87 bits per heavy atom. The summed E-state index contributed by atoms with van der Waals surface area (Å²) in [4.78, 5) is 10.7. The Morgan fingerprint density at radius 3 is 2.40 bits per heavy atom. The van der Waals surface area contributed by atoms with Gasteiger partial charge in [-0.2, -0.15) is 0 Å². The smallest absolute Gasteiger partial charge is 0.478 e. The van der Waals surface area contributed by atoms with Gasteiger partial charge in [0.2, 0.25) is 0 Å². The number of fused-ring (bicyclic) bond motifs is 1. The number of aromatic carboxylic acids is 1. The van der Waals surface area contributed by atoms with Crippen molar-refractivity contribution in [2.75, 3.05) is 0 Å². The molecule has 0 aliphatic carbocycles. The molecule has 4 nitrogen and oxygen atoms in total. The van der Waals surface area contributed by atoms with Crippen LogP contribution in [0.4, 0.5) is 8.78 Å². The van der Waals surface area contributed by atoms with Gasteiger partial charge in [0.05, 0.1) is 5.56 Å². The lowest BCUT2D eigenvalue weighted by molar-refractivity contribution is -0.286. The normalized spacial score (nSPS) is 16.5. The highest BCUT2D eigenvalue weighted by atomic mass is 79.9. The minimum absolute atomic E-state index is 0.148. The molecule has 1 aliphatic heterocycles. The van der Waals surface area contributed by atoms with E-state index >= 15 is 0 Å². The Labute approximate surface area is 90.5 Å². The summed E-state index contributed by atoms with van der Waals surface area (Å²) < 4.78 is 33.6. The van der Waals surface area contributed by atoms with E-state index in [0.29, 0.717) is 0 Å². The molecule has 80 valence electrons. The van der Waals surface area contributed by atoms with Gasteiger partial charge in [0.1, 0.15) is 0 Å². The van der Waals surface area contributed by atoms with E-state index < -0.39 is 12.3 Å². The average molecular weight is 281 g/mol. The molecule has 1 N–H and O–H groups in total. The van der Waals surface area contributed by atoms with Crippen molar-refractivity contribution in [1.82, 2.24) is 0 Å². The second-order valence-electron chi connectivity index (χ2n) is 2.75. The van der Waals surface area contributed by atoms with E-state index in [1.807, 2.05) is 0 Å². The van der Waals surface area contributed by atoms with Crippen LogP contribution >= 0.6 is 15.9 Å². The minimum atomic E-state index is -3.74. The van der Waals surface area contributed by atoms with Gasteiger partial charge in [0, 0.05) is 10.5 Å². The fraction of sp³-hybridized carbons (Fsp3) is 0.125. The fourth-order valence-corrected chi connectivity index (χ4v) is 1.63. The Morgan fingerprint density at radius 1 is 1.33 bits per heavy atom. The van der Waals surface area contributed by atoms with Gasteiger partial charge in [-0.05, 0) is 22.0 Å². The first-order valence-electron chi connectivity index (χ1n) is 3.72. The van der Waals surface area contributed by atoms with Gasteiger partial charge < -0.3 is 14.6 Å². The van der Waals surface area contributed by atoms with E-state index in [4.69, 9.17) is 5.11 Å². The van der Waals surface area contributed by atoms with Crippen LogP contribution in [0.3, 0.4) is 0 Å². The molecule has 1 aromatic rings. The van der Waals surface area contributed by atoms with Crippen molar-refractivity contribution in [1.29, 1.82) is 0 Å². The molecule has 0 saturated heterocycles. The number of carboxylic acid groups (broad SMARTS) is 1. The molecular formula is C8H3BrF2O4. The van der Waals surface area contributed by atoms with Crippen molar-refractivity contribution < 1.29 is 28.2 Å². The molecule has 0 atom stereocenters. The van der Waals surface area contributed by atoms with Gasteiger partial charge in [-0.15, -0.1) is 8.78 Å². The molecule has 0 fully saturated rings. The first kappa shape index (κ1) is 10.2. The summed E-state index contributed by atoms with van der Waals surface area (Å²) in [6.07, 6.45) is -3.74. The summed E-state index contributed by atoms with van der Waals surface area (Å²) in [5.41, 5.74) is -0.171. The second-order valence-corrected chi connectivity index (χ2v) is 3.61. The fourth-order valence-electron chi connectivity index (χ4n) is 1.14. The minimum Gasteiger partial charge on any atom is -0.478 e. The predicted octanol–water partition coefficient (Wildman–Crippen LogP) is 2.47. The highest BCUT2D eigenvalue weighted by molar-refractivity contribution is 9.10. The van der Waals surface area contributed by atoms with Gasteiger partial charge in [0.25, 0.3) is 0 Å². The Kier molecular flexibility index (Phi) is 2.07. The van der Waals surface area contributed by atoms with Crippen LogP contribution < -0.4 is 9.47 Å². The van der Waals surface area contributed by atoms with E-state index in [1.165, 1.54) is 0 Å². The van der Waals surface area contributed by atoms with Crippen molar-refractivity contribution in [3.63, 3.8) is 0 Å².